The van der Waals surface area contributed by atoms with Crippen LogP contribution < -0.4 is 10.1 Å². The van der Waals surface area contributed by atoms with Crippen LogP contribution in [0.15, 0.2) is 53.2 Å². The van der Waals surface area contributed by atoms with Crippen LogP contribution in [0.25, 0.3) is 11.0 Å². The Kier molecular flexibility index (Phi) is 3.09. The quantitative estimate of drug-likeness (QED) is 0.792. The van der Waals surface area contributed by atoms with Gasteiger partial charge in [-0.2, -0.15) is 0 Å². The topological polar surface area (TPSA) is 64.4 Å². The molecule has 0 aliphatic heterocycles. The lowest BCUT2D eigenvalue weighted by atomic mass is 10.2. The second-order valence-electron chi connectivity index (χ2n) is 4.16. The van der Waals surface area contributed by atoms with Crippen molar-refractivity contribution in [1.82, 2.24) is 4.98 Å². The summed E-state index contributed by atoms with van der Waals surface area (Å²) >= 11 is 0. The molecule has 0 spiro atoms. The molecule has 0 radical (unpaired) electrons. The molecule has 0 aliphatic carbocycles. The van der Waals surface area contributed by atoms with E-state index in [1.165, 1.54) is 7.11 Å². The molecule has 0 atom stereocenters. The fourth-order valence-electron chi connectivity index (χ4n) is 2.00. The molecule has 20 heavy (non-hydrogen) atoms. The van der Waals surface area contributed by atoms with E-state index in [1.54, 1.807) is 30.6 Å². The predicted molar refractivity (Wildman–Crippen MR) is 75.0 cm³/mol. The number of rotatable bonds is 3. The Hall–Kier alpha value is -2.82. The molecule has 3 rings (SSSR count). The van der Waals surface area contributed by atoms with Crippen LogP contribution in [0.4, 0.5) is 5.69 Å². The van der Waals surface area contributed by atoms with Gasteiger partial charge >= 0.3 is 0 Å². The molecule has 0 fully saturated rings. The minimum Gasteiger partial charge on any atom is -0.492 e. The zero-order chi connectivity index (χ0) is 13.9. The van der Waals surface area contributed by atoms with Crippen LogP contribution in [0.1, 0.15) is 10.6 Å². The molecular formula is C15H12N2O3. The van der Waals surface area contributed by atoms with Crippen molar-refractivity contribution in [1.29, 1.82) is 0 Å². The van der Waals surface area contributed by atoms with E-state index in [1.807, 2.05) is 18.2 Å². The third-order valence-electron chi connectivity index (χ3n) is 2.88. The number of carbonyl (C=O) groups is 1. The van der Waals surface area contributed by atoms with Crippen molar-refractivity contribution in [2.24, 2.45) is 0 Å². The van der Waals surface area contributed by atoms with Crippen LogP contribution in [0.5, 0.6) is 5.75 Å². The summed E-state index contributed by atoms with van der Waals surface area (Å²) in [5.74, 6) is 0.214. The number of aromatic nitrogens is 1. The Bertz CT molecular complexity index is 750. The smallest absolute Gasteiger partial charge is 0.295 e. The standard InChI is InChI=1S/C15H12N2O3/c1-19-13-11-6-2-3-7-12(11)20-14(13)15(18)17-10-5-4-8-16-9-10/h2-9H,1H3,(H,17,18). The third kappa shape index (κ3) is 2.09. The Morgan fingerprint density at radius 1 is 1.25 bits per heavy atom. The number of nitrogens with one attached hydrogen (secondary N) is 1. The molecule has 1 amide bonds. The van der Waals surface area contributed by atoms with Crippen molar-refractivity contribution in [3.05, 3.63) is 54.6 Å². The molecule has 0 bridgehead atoms. The molecule has 5 heteroatoms. The average Bonchev–Trinajstić information content (AvgIpc) is 2.87. The Morgan fingerprint density at radius 2 is 2.10 bits per heavy atom. The van der Waals surface area contributed by atoms with E-state index in [0.29, 0.717) is 17.0 Å². The fourth-order valence-corrected chi connectivity index (χ4v) is 2.00. The number of benzene rings is 1. The summed E-state index contributed by atoms with van der Waals surface area (Å²) in [5, 5.41) is 3.49. The van der Waals surface area contributed by atoms with E-state index >= 15 is 0 Å². The van der Waals surface area contributed by atoms with Crippen LogP contribution in [-0.4, -0.2) is 18.0 Å². The fraction of sp³-hybridized carbons (Fsp3) is 0.0667. The van der Waals surface area contributed by atoms with Gasteiger partial charge in [0.25, 0.3) is 5.91 Å². The van der Waals surface area contributed by atoms with Crippen molar-refractivity contribution in [2.75, 3.05) is 12.4 Å². The number of nitrogens with zero attached hydrogens (tertiary/aromatic N) is 1. The molecule has 1 N–H and O–H groups in total. The lowest BCUT2D eigenvalue weighted by Gasteiger charge is -2.03. The first kappa shape index (κ1) is 12.2. The number of anilines is 1. The van der Waals surface area contributed by atoms with Gasteiger partial charge < -0.3 is 14.5 Å². The first-order valence-corrected chi connectivity index (χ1v) is 6.06. The van der Waals surface area contributed by atoms with E-state index in [4.69, 9.17) is 9.15 Å². The lowest BCUT2D eigenvalue weighted by molar-refractivity contribution is 0.0994. The second-order valence-corrected chi connectivity index (χ2v) is 4.16. The largest absolute Gasteiger partial charge is 0.492 e. The highest BCUT2D eigenvalue weighted by Crippen LogP contribution is 2.33. The Morgan fingerprint density at radius 3 is 2.85 bits per heavy atom. The number of fused-ring (bicyclic) bond motifs is 1. The van der Waals surface area contributed by atoms with Crippen molar-refractivity contribution in [2.45, 2.75) is 0 Å². The molecule has 3 aromatic rings. The van der Waals surface area contributed by atoms with Crippen LogP contribution >= 0.6 is 0 Å². The Labute approximate surface area is 115 Å². The van der Waals surface area contributed by atoms with E-state index in [0.717, 1.165) is 5.39 Å². The van der Waals surface area contributed by atoms with Gasteiger partial charge in [-0.1, -0.05) is 12.1 Å². The minimum atomic E-state index is -0.369. The summed E-state index contributed by atoms with van der Waals surface area (Å²) in [7, 11) is 1.51. The average molecular weight is 268 g/mol. The van der Waals surface area contributed by atoms with Crippen LogP contribution in [0.3, 0.4) is 0 Å². The monoisotopic (exact) mass is 268 g/mol. The highest BCUT2D eigenvalue weighted by Gasteiger charge is 2.21. The molecule has 2 aromatic heterocycles. The van der Waals surface area contributed by atoms with Crippen molar-refractivity contribution in [3.63, 3.8) is 0 Å². The zero-order valence-electron chi connectivity index (χ0n) is 10.8. The normalized spacial score (nSPS) is 10.4. The van der Waals surface area contributed by atoms with Crippen LogP contribution in [0, 0.1) is 0 Å². The first-order chi connectivity index (χ1) is 9.79. The van der Waals surface area contributed by atoms with Gasteiger partial charge in [0.2, 0.25) is 5.76 Å². The molecule has 1 aromatic carbocycles. The molecule has 5 nitrogen and oxygen atoms in total. The summed E-state index contributed by atoms with van der Waals surface area (Å²) in [6.45, 7) is 0. The van der Waals surface area contributed by atoms with Crippen LogP contribution in [0.2, 0.25) is 0 Å². The number of hydrogen-bond donors (Lipinski definition) is 1. The summed E-state index contributed by atoms with van der Waals surface area (Å²) in [5.41, 5.74) is 1.21. The Balaban J connectivity index is 1.99. The highest BCUT2D eigenvalue weighted by molar-refractivity contribution is 6.08. The number of para-hydroxylation sites is 1. The number of furan rings is 1. The van der Waals surface area contributed by atoms with Crippen molar-refractivity contribution < 1.29 is 13.9 Å². The summed E-state index contributed by atoms with van der Waals surface area (Å²) in [6, 6.07) is 10.8. The van der Waals surface area contributed by atoms with E-state index in [-0.39, 0.29) is 11.7 Å². The first-order valence-electron chi connectivity index (χ1n) is 6.06. The van der Waals surface area contributed by atoms with E-state index < -0.39 is 0 Å². The zero-order valence-corrected chi connectivity index (χ0v) is 10.8. The third-order valence-corrected chi connectivity index (χ3v) is 2.88. The number of methoxy groups -OCH3 is 1. The number of carbonyl (C=O) groups excluding carboxylic acids is 1. The van der Waals surface area contributed by atoms with E-state index in [2.05, 4.69) is 10.3 Å². The van der Waals surface area contributed by atoms with Crippen LogP contribution in [-0.2, 0) is 0 Å². The van der Waals surface area contributed by atoms with Gasteiger partial charge in [-0.15, -0.1) is 0 Å². The molecule has 100 valence electrons. The number of ether oxygens (including phenoxy) is 1. The van der Waals surface area contributed by atoms with Gasteiger partial charge in [0.15, 0.2) is 5.75 Å². The van der Waals surface area contributed by atoms with E-state index in [9.17, 15) is 4.79 Å². The molecule has 0 saturated carbocycles. The summed E-state index contributed by atoms with van der Waals surface area (Å²) in [4.78, 5) is 16.2. The van der Waals surface area contributed by atoms with Crippen molar-refractivity contribution >= 4 is 22.6 Å². The maximum Gasteiger partial charge on any atom is 0.295 e. The minimum absolute atomic E-state index is 0.151. The van der Waals surface area contributed by atoms with Gasteiger partial charge in [-0.25, -0.2) is 0 Å². The van der Waals surface area contributed by atoms with Crippen molar-refractivity contribution in [3.8, 4) is 5.75 Å². The van der Waals surface area contributed by atoms with Gasteiger partial charge in [0.1, 0.15) is 5.58 Å². The van der Waals surface area contributed by atoms with Gasteiger partial charge in [0, 0.05) is 6.20 Å². The molecule has 2 heterocycles. The number of hydrogen-bond acceptors (Lipinski definition) is 4. The molecule has 0 saturated heterocycles. The maximum absolute atomic E-state index is 12.3. The predicted octanol–water partition coefficient (Wildman–Crippen LogP) is 3.09. The maximum atomic E-state index is 12.3. The number of pyridine rings is 1. The van der Waals surface area contributed by atoms with Gasteiger partial charge in [0.05, 0.1) is 24.4 Å². The van der Waals surface area contributed by atoms with Gasteiger partial charge in [-0.05, 0) is 24.3 Å². The molecular weight excluding hydrogens is 256 g/mol. The molecule has 0 unspecified atom stereocenters. The summed E-state index contributed by atoms with van der Waals surface area (Å²) in [6.07, 6.45) is 3.20. The second kappa shape index (κ2) is 5.05. The molecule has 0 aliphatic rings. The lowest BCUT2D eigenvalue weighted by Crippen LogP contribution is -2.12. The SMILES string of the molecule is COc1c(C(=O)Nc2cccnc2)oc2ccccc12. The summed E-state index contributed by atoms with van der Waals surface area (Å²) < 4.78 is 10.9. The number of amides is 1. The van der Waals surface area contributed by atoms with Gasteiger partial charge in [-0.3, -0.25) is 9.78 Å². The highest BCUT2D eigenvalue weighted by atomic mass is 16.5.